The van der Waals surface area contributed by atoms with Gasteiger partial charge in [-0.1, -0.05) is 54.6 Å². The monoisotopic (exact) mass is 376 g/mol. The zero-order valence-corrected chi connectivity index (χ0v) is 15.8. The third-order valence-corrected chi connectivity index (χ3v) is 5.74. The van der Waals surface area contributed by atoms with Crippen molar-refractivity contribution in [3.05, 3.63) is 71.8 Å². The standard InChI is InChI=1S/C23H24N2O3/c24-20-9-5-4-8-18(20)19-14-23(15-21(19)26)10-12-25(13-11-23)22(27)28-16-17-6-2-1-3-7-17/h1-9,14H,10-13,15-16,24H2. The molecule has 0 unspecified atom stereocenters. The number of carbonyl (C=O) groups excluding carboxylic acids is 2. The van der Waals surface area contributed by atoms with Crippen LogP contribution >= 0.6 is 0 Å². The molecule has 144 valence electrons. The van der Waals surface area contributed by atoms with Gasteiger partial charge in [0.2, 0.25) is 0 Å². The van der Waals surface area contributed by atoms with E-state index in [2.05, 4.69) is 6.08 Å². The van der Waals surface area contributed by atoms with Crippen LogP contribution in [0.4, 0.5) is 10.5 Å². The van der Waals surface area contributed by atoms with Gasteiger partial charge in [-0.3, -0.25) is 4.79 Å². The number of piperidine rings is 1. The van der Waals surface area contributed by atoms with Crippen LogP contribution in [0.15, 0.2) is 60.7 Å². The van der Waals surface area contributed by atoms with Gasteiger partial charge in [-0.05, 0) is 29.9 Å². The molecule has 4 rings (SSSR count). The SMILES string of the molecule is Nc1ccccc1C1=CC2(CCN(C(=O)OCc3ccccc3)CC2)CC1=O. The van der Waals surface area contributed by atoms with Crippen molar-refractivity contribution in [1.29, 1.82) is 0 Å². The Balaban J connectivity index is 1.39. The molecule has 1 heterocycles. The number of hydrogen-bond acceptors (Lipinski definition) is 4. The van der Waals surface area contributed by atoms with Crippen LogP contribution < -0.4 is 5.73 Å². The molecule has 1 aliphatic carbocycles. The maximum Gasteiger partial charge on any atom is 0.410 e. The summed E-state index contributed by atoms with van der Waals surface area (Å²) >= 11 is 0. The number of amides is 1. The summed E-state index contributed by atoms with van der Waals surface area (Å²) in [7, 11) is 0. The van der Waals surface area contributed by atoms with Crippen LogP contribution in [-0.2, 0) is 16.1 Å². The molecule has 0 radical (unpaired) electrons. The first-order chi connectivity index (χ1) is 13.6. The Hall–Kier alpha value is -3.08. The van der Waals surface area contributed by atoms with Crippen LogP contribution in [-0.4, -0.2) is 29.9 Å². The molecule has 0 atom stereocenters. The van der Waals surface area contributed by atoms with Gasteiger partial charge in [-0.15, -0.1) is 0 Å². The van der Waals surface area contributed by atoms with E-state index in [4.69, 9.17) is 10.5 Å². The van der Waals surface area contributed by atoms with Crippen molar-refractivity contribution in [3.8, 4) is 0 Å². The van der Waals surface area contributed by atoms with Gasteiger partial charge in [-0.25, -0.2) is 4.79 Å². The number of allylic oxidation sites excluding steroid dienone is 2. The first-order valence-electron chi connectivity index (χ1n) is 9.63. The highest BCUT2D eigenvalue weighted by atomic mass is 16.6. The van der Waals surface area contributed by atoms with Crippen LogP contribution in [0.25, 0.3) is 5.57 Å². The average Bonchev–Trinajstić information content (AvgIpc) is 3.03. The summed E-state index contributed by atoms with van der Waals surface area (Å²) in [5.74, 6) is 0.137. The van der Waals surface area contributed by atoms with E-state index in [1.54, 1.807) is 4.90 Å². The topological polar surface area (TPSA) is 72.6 Å². The van der Waals surface area contributed by atoms with E-state index in [9.17, 15) is 9.59 Å². The largest absolute Gasteiger partial charge is 0.445 e. The number of anilines is 1. The number of Topliss-reactive ketones (excluding diaryl/α,β-unsaturated/α-hetero) is 1. The Morgan fingerprint density at radius 1 is 1.04 bits per heavy atom. The Morgan fingerprint density at radius 2 is 1.71 bits per heavy atom. The summed E-state index contributed by atoms with van der Waals surface area (Å²) < 4.78 is 5.43. The molecule has 28 heavy (non-hydrogen) atoms. The fraction of sp³-hybridized carbons (Fsp3) is 0.304. The summed E-state index contributed by atoms with van der Waals surface area (Å²) in [6.07, 6.45) is 3.81. The van der Waals surface area contributed by atoms with E-state index in [-0.39, 0.29) is 23.9 Å². The summed E-state index contributed by atoms with van der Waals surface area (Å²) in [6, 6.07) is 17.1. The van der Waals surface area contributed by atoms with Crippen LogP contribution in [0.3, 0.4) is 0 Å². The molecule has 5 heteroatoms. The molecule has 2 aromatic rings. The molecular formula is C23H24N2O3. The smallest absolute Gasteiger partial charge is 0.410 e. The number of rotatable bonds is 3. The molecule has 1 amide bonds. The van der Waals surface area contributed by atoms with Crippen molar-refractivity contribution in [1.82, 2.24) is 4.90 Å². The molecule has 2 aromatic carbocycles. The lowest BCUT2D eigenvalue weighted by molar-refractivity contribution is -0.114. The zero-order valence-electron chi connectivity index (χ0n) is 15.8. The lowest BCUT2D eigenvalue weighted by atomic mass is 9.78. The Bertz CT molecular complexity index is 912. The number of hydrogen-bond donors (Lipinski definition) is 1. The van der Waals surface area contributed by atoms with Crippen molar-refractivity contribution >= 4 is 23.1 Å². The number of para-hydroxylation sites is 1. The van der Waals surface area contributed by atoms with Crippen molar-refractivity contribution in [3.63, 3.8) is 0 Å². The third-order valence-electron chi connectivity index (χ3n) is 5.74. The fourth-order valence-corrected chi connectivity index (χ4v) is 4.09. The van der Waals surface area contributed by atoms with Gasteiger partial charge in [0, 0.05) is 36.3 Å². The minimum absolute atomic E-state index is 0.137. The number of likely N-dealkylation sites (tertiary alicyclic amines) is 1. The maximum absolute atomic E-state index is 12.6. The Kier molecular flexibility index (Phi) is 4.90. The predicted molar refractivity (Wildman–Crippen MR) is 108 cm³/mol. The van der Waals surface area contributed by atoms with Gasteiger partial charge in [0.15, 0.2) is 5.78 Å². The molecular weight excluding hydrogens is 352 g/mol. The molecule has 0 saturated carbocycles. The summed E-state index contributed by atoms with van der Waals surface area (Å²) in [4.78, 5) is 26.8. The Morgan fingerprint density at radius 3 is 2.43 bits per heavy atom. The number of nitrogens with zero attached hydrogens (tertiary/aromatic N) is 1. The van der Waals surface area contributed by atoms with Crippen molar-refractivity contribution in [2.75, 3.05) is 18.8 Å². The highest BCUT2D eigenvalue weighted by molar-refractivity contribution is 6.24. The lowest BCUT2D eigenvalue weighted by Gasteiger charge is -2.37. The molecule has 1 fully saturated rings. The van der Waals surface area contributed by atoms with E-state index in [0.717, 1.165) is 29.5 Å². The van der Waals surface area contributed by atoms with Gasteiger partial charge in [0.1, 0.15) is 6.61 Å². The van der Waals surface area contributed by atoms with Crippen molar-refractivity contribution in [2.24, 2.45) is 5.41 Å². The van der Waals surface area contributed by atoms with E-state index >= 15 is 0 Å². The minimum Gasteiger partial charge on any atom is -0.445 e. The van der Waals surface area contributed by atoms with Gasteiger partial charge >= 0.3 is 6.09 Å². The van der Waals surface area contributed by atoms with Crippen LogP contribution in [0.5, 0.6) is 0 Å². The number of ether oxygens (including phenoxy) is 1. The fourth-order valence-electron chi connectivity index (χ4n) is 4.09. The number of carbonyl (C=O) groups is 2. The van der Waals surface area contributed by atoms with Gasteiger partial charge in [0.05, 0.1) is 0 Å². The average molecular weight is 376 g/mol. The van der Waals surface area contributed by atoms with E-state index in [1.165, 1.54) is 0 Å². The normalized spacial score (nSPS) is 18.2. The van der Waals surface area contributed by atoms with Gasteiger partial charge in [0.25, 0.3) is 0 Å². The van der Waals surface area contributed by atoms with Crippen LogP contribution in [0.1, 0.15) is 30.4 Å². The predicted octanol–water partition coefficient (Wildman–Crippen LogP) is 4.04. The quantitative estimate of drug-likeness (QED) is 0.821. The zero-order chi connectivity index (χ0) is 19.6. The lowest BCUT2D eigenvalue weighted by Crippen LogP contribution is -2.42. The number of nitrogen functional groups attached to an aromatic ring is 1. The second-order valence-corrected chi connectivity index (χ2v) is 7.63. The molecule has 5 nitrogen and oxygen atoms in total. The second-order valence-electron chi connectivity index (χ2n) is 7.63. The third kappa shape index (κ3) is 3.65. The summed E-state index contributed by atoms with van der Waals surface area (Å²) in [5, 5.41) is 0. The second kappa shape index (κ2) is 7.50. The summed E-state index contributed by atoms with van der Waals surface area (Å²) in [5.41, 5.74) is 9.02. The van der Waals surface area contributed by atoms with E-state index in [1.807, 2.05) is 54.6 Å². The molecule has 2 N–H and O–H groups in total. The van der Waals surface area contributed by atoms with Crippen LogP contribution in [0.2, 0.25) is 0 Å². The minimum atomic E-state index is -0.292. The van der Waals surface area contributed by atoms with Gasteiger partial charge in [-0.2, -0.15) is 0 Å². The highest BCUT2D eigenvalue weighted by Crippen LogP contribution is 2.46. The first-order valence-corrected chi connectivity index (χ1v) is 9.63. The van der Waals surface area contributed by atoms with E-state index < -0.39 is 0 Å². The number of ketones is 1. The molecule has 2 aliphatic rings. The van der Waals surface area contributed by atoms with Gasteiger partial charge < -0.3 is 15.4 Å². The molecule has 0 bridgehead atoms. The molecule has 1 aliphatic heterocycles. The number of nitrogens with two attached hydrogens (primary N) is 1. The summed E-state index contributed by atoms with van der Waals surface area (Å²) in [6.45, 7) is 1.46. The van der Waals surface area contributed by atoms with E-state index in [0.29, 0.717) is 25.2 Å². The Labute approximate surface area is 164 Å². The molecule has 1 saturated heterocycles. The molecule has 0 aromatic heterocycles. The van der Waals surface area contributed by atoms with Crippen LogP contribution in [0, 0.1) is 5.41 Å². The number of benzene rings is 2. The maximum atomic E-state index is 12.6. The highest BCUT2D eigenvalue weighted by Gasteiger charge is 2.42. The van der Waals surface area contributed by atoms with Crippen molar-refractivity contribution < 1.29 is 14.3 Å². The molecule has 1 spiro atoms. The first kappa shape index (κ1) is 18.3. The van der Waals surface area contributed by atoms with Crippen molar-refractivity contribution in [2.45, 2.75) is 25.9 Å².